The van der Waals surface area contributed by atoms with Crippen LogP contribution in [0.3, 0.4) is 0 Å². The predicted octanol–water partition coefficient (Wildman–Crippen LogP) is 5.67. The van der Waals surface area contributed by atoms with Crippen LogP contribution in [0.1, 0.15) is 100.0 Å². The van der Waals surface area contributed by atoms with Crippen molar-refractivity contribution in [3.63, 3.8) is 0 Å². The van der Waals surface area contributed by atoms with Crippen LogP contribution in [0.5, 0.6) is 11.5 Å². The van der Waals surface area contributed by atoms with Crippen molar-refractivity contribution in [2.75, 3.05) is 19.0 Å². The second-order valence-electron chi connectivity index (χ2n) is 10.7. The number of hydrogen-bond donors (Lipinski definition) is 1. The first kappa shape index (κ1) is 34.8. The zero-order valence-electron chi connectivity index (χ0n) is 25.3. The molecular formula is C34H49BrN2O3S. The molecule has 1 amide bonds. The van der Waals surface area contributed by atoms with Gasteiger partial charge in [-0.3, -0.25) is 4.79 Å². The molecule has 5 nitrogen and oxygen atoms in total. The number of carbonyl (C=O) groups is 1. The van der Waals surface area contributed by atoms with Crippen molar-refractivity contribution < 1.29 is 35.8 Å². The molecule has 7 heteroatoms. The zero-order chi connectivity index (χ0) is 28.4. The van der Waals surface area contributed by atoms with Gasteiger partial charge in [0.25, 0.3) is 0 Å². The van der Waals surface area contributed by atoms with E-state index in [1.807, 2.05) is 36.4 Å². The molecule has 0 spiro atoms. The van der Waals surface area contributed by atoms with Gasteiger partial charge in [-0.25, -0.2) is 0 Å². The molecule has 0 unspecified atom stereocenters. The molecule has 0 atom stereocenters. The van der Waals surface area contributed by atoms with E-state index in [-0.39, 0.29) is 29.3 Å². The number of ether oxygens (including phenoxy) is 2. The molecule has 0 aliphatic carbocycles. The highest BCUT2D eigenvalue weighted by atomic mass is 79.9. The smallest absolute Gasteiger partial charge is 0.228 e. The number of amides is 1. The first-order chi connectivity index (χ1) is 19.6. The molecule has 0 radical (unpaired) electrons. The number of halogens is 1. The molecule has 3 aromatic rings. The first-order valence-corrected chi connectivity index (χ1v) is 16.1. The van der Waals surface area contributed by atoms with Gasteiger partial charge >= 0.3 is 0 Å². The van der Waals surface area contributed by atoms with Crippen molar-refractivity contribution in [3.8, 4) is 11.5 Å². The Labute approximate surface area is 262 Å². The van der Waals surface area contributed by atoms with Crippen molar-refractivity contribution in [2.24, 2.45) is 0 Å². The van der Waals surface area contributed by atoms with Gasteiger partial charge in [-0.05, 0) is 31.5 Å². The number of rotatable bonds is 20. The largest absolute Gasteiger partial charge is 1.00 e. The predicted molar refractivity (Wildman–Crippen MR) is 167 cm³/mol. The molecule has 0 aliphatic heterocycles. The molecule has 1 N–H and O–H groups in total. The van der Waals surface area contributed by atoms with Crippen molar-refractivity contribution >= 4 is 22.9 Å². The molecular weight excluding hydrogens is 596 g/mol. The summed E-state index contributed by atoms with van der Waals surface area (Å²) in [7, 11) is 1.65. The van der Waals surface area contributed by atoms with E-state index in [1.165, 1.54) is 75.5 Å². The molecule has 0 bridgehead atoms. The molecule has 3 rings (SSSR count). The minimum Gasteiger partial charge on any atom is -1.00 e. The van der Waals surface area contributed by atoms with E-state index in [4.69, 9.17) is 9.47 Å². The Morgan fingerprint density at radius 3 is 2.20 bits per heavy atom. The quantitative estimate of drug-likeness (QED) is 0.127. The number of methoxy groups -OCH3 is 1. The SMILES string of the molecule is CCCCCCCCCCCCCCOc1c(CC(=O)Nc2cccc(C[n+]3csc(C)c3)c2)cccc1OC.[Br-]. The van der Waals surface area contributed by atoms with Crippen LogP contribution in [-0.4, -0.2) is 19.6 Å². The summed E-state index contributed by atoms with van der Waals surface area (Å²) in [6.45, 7) is 5.79. The van der Waals surface area contributed by atoms with Gasteiger partial charge in [0.05, 0.1) is 25.0 Å². The maximum atomic E-state index is 13.0. The fraction of sp³-hybridized carbons (Fsp3) is 0.529. The topological polar surface area (TPSA) is 51.4 Å². The van der Waals surface area contributed by atoms with Gasteiger partial charge in [-0.1, -0.05) is 113 Å². The number of thiazole rings is 1. The molecule has 1 aromatic heterocycles. The average Bonchev–Trinajstić information content (AvgIpc) is 3.36. The molecule has 0 fully saturated rings. The minimum absolute atomic E-state index is 0. The highest BCUT2D eigenvalue weighted by Gasteiger charge is 2.15. The zero-order valence-corrected chi connectivity index (χ0v) is 27.7. The number of benzene rings is 2. The third kappa shape index (κ3) is 13.4. The Balaban J connectivity index is 0.00000588. The van der Waals surface area contributed by atoms with E-state index >= 15 is 0 Å². The summed E-state index contributed by atoms with van der Waals surface area (Å²) in [5, 5.41) is 3.06. The van der Waals surface area contributed by atoms with Crippen LogP contribution in [-0.2, 0) is 17.8 Å². The van der Waals surface area contributed by atoms with E-state index in [0.717, 1.165) is 29.8 Å². The summed E-state index contributed by atoms with van der Waals surface area (Å²) < 4.78 is 13.9. The molecule has 0 saturated heterocycles. The van der Waals surface area contributed by atoms with Crippen molar-refractivity contribution in [1.82, 2.24) is 0 Å². The number of unbranched alkanes of at least 4 members (excludes halogenated alkanes) is 11. The van der Waals surface area contributed by atoms with Gasteiger partial charge in [0.1, 0.15) is 0 Å². The van der Waals surface area contributed by atoms with Gasteiger partial charge < -0.3 is 31.8 Å². The van der Waals surface area contributed by atoms with Gasteiger partial charge in [0.15, 0.2) is 24.2 Å². The Morgan fingerprint density at radius 2 is 1.56 bits per heavy atom. The van der Waals surface area contributed by atoms with E-state index < -0.39 is 0 Å². The summed E-state index contributed by atoms with van der Waals surface area (Å²) >= 11 is 1.73. The lowest BCUT2D eigenvalue weighted by molar-refractivity contribution is -0.683. The summed E-state index contributed by atoms with van der Waals surface area (Å²) in [5.74, 6) is 1.29. The van der Waals surface area contributed by atoms with Gasteiger partial charge in [-0.15, -0.1) is 0 Å². The number of nitrogens with zero attached hydrogens (tertiary/aromatic N) is 1. The van der Waals surface area contributed by atoms with E-state index in [0.29, 0.717) is 18.1 Å². The monoisotopic (exact) mass is 644 g/mol. The molecule has 1 heterocycles. The lowest BCUT2D eigenvalue weighted by Gasteiger charge is -2.15. The summed E-state index contributed by atoms with van der Waals surface area (Å²) in [4.78, 5) is 14.3. The van der Waals surface area contributed by atoms with Crippen LogP contribution in [0.4, 0.5) is 5.69 Å². The average molecular weight is 646 g/mol. The normalized spacial score (nSPS) is 10.7. The van der Waals surface area contributed by atoms with E-state index in [9.17, 15) is 4.79 Å². The Bertz CT molecular complexity index is 1150. The fourth-order valence-electron chi connectivity index (χ4n) is 5.01. The fourth-order valence-corrected chi connectivity index (χ4v) is 5.64. The Morgan fingerprint density at radius 1 is 0.902 bits per heavy atom. The number of hydrogen-bond acceptors (Lipinski definition) is 4. The lowest BCUT2D eigenvalue weighted by Crippen LogP contribution is -3.00. The Kier molecular flexibility index (Phi) is 17.4. The number of carbonyl (C=O) groups excluding carboxylic acids is 1. The first-order valence-electron chi connectivity index (χ1n) is 15.2. The van der Waals surface area contributed by atoms with Gasteiger partial charge in [-0.2, -0.15) is 4.57 Å². The van der Waals surface area contributed by atoms with Crippen molar-refractivity contribution in [1.29, 1.82) is 0 Å². The van der Waals surface area contributed by atoms with Gasteiger partial charge in [0.2, 0.25) is 11.4 Å². The van der Waals surface area contributed by atoms with Crippen molar-refractivity contribution in [3.05, 3.63) is 70.2 Å². The molecule has 0 saturated carbocycles. The Hall–Kier alpha value is -2.38. The standard InChI is InChI=1S/C34H48N2O3S.BrH/c1-4-5-6-7-8-9-10-11-12-13-14-15-22-39-34-30(19-17-21-32(34)38-3)24-33(37)35-31-20-16-18-29(23-31)26-36-25-28(2)40-27-36;/h16-21,23,25,27H,4-15,22,24,26H2,1-3H3;1H. The van der Waals surface area contributed by atoms with Crippen LogP contribution in [0.2, 0.25) is 0 Å². The van der Waals surface area contributed by atoms with E-state index in [2.05, 4.69) is 41.5 Å². The van der Waals surface area contributed by atoms with Gasteiger partial charge in [0, 0.05) is 16.8 Å². The molecule has 0 aliphatic rings. The second-order valence-corrected chi connectivity index (χ2v) is 11.8. The second kappa shape index (κ2) is 20.5. The van der Waals surface area contributed by atoms with Crippen LogP contribution in [0.25, 0.3) is 0 Å². The molecule has 2 aromatic carbocycles. The third-order valence-corrected chi connectivity index (χ3v) is 8.03. The number of para-hydroxylation sites is 1. The van der Waals surface area contributed by atoms with Crippen LogP contribution in [0.15, 0.2) is 54.2 Å². The highest BCUT2D eigenvalue weighted by Crippen LogP contribution is 2.32. The highest BCUT2D eigenvalue weighted by molar-refractivity contribution is 7.09. The number of aromatic nitrogens is 1. The van der Waals surface area contributed by atoms with E-state index in [1.54, 1.807) is 18.4 Å². The summed E-state index contributed by atoms with van der Waals surface area (Å²) in [5.41, 5.74) is 4.91. The number of nitrogens with one attached hydrogen (secondary N) is 1. The van der Waals surface area contributed by atoms with Crippen LogP contribution < -0.4 is 36.3 Å². The maximum Gasteiger partial charge on any atom is 0.228 e. The third-order valence-electron chi connectivity index (χ3n) is 7.17. The maximum absolute atomic E-state index is 13.0. The molecule has 226 valence electrons. The number of aryl methyl sites for hydroxylation is 1. The lowest BCUT2D eigenvalue weighted by atomic mass is 10.1. The summed E-state index contributed by atoms with van der Waals surface area (Å²) in [6.07, 6.45) is 18.1. The van der Waals surface area contributed by atoms with Crippen LogP contribution in [0, 0.1) is 6.92 Å². The number of anilines is 1. The van der Waals surface area contributed by atoms with Crippen molar-refractivity contribution in [2.45, 2.75) is 104 Å². The minimum atomic E-state index is -0.0698. The van der Waals surface area contributed by atoms with Crippen LogP contribution >= 0.6 is 11.3 Å². The summed E-state index contributed by atoms with van der Waals surface area (Å²) in [6, 6.07) is 13.8. The molecule has 41 heavy (non-hydrogen) atoms.